The Hall–Kier alpha value is -1.23. The molecule has 0 aliphatic heterocycles. The summed E-state index contributed by atoms with van der Waals surface area (Å²) in [7, 11) is 0. The topological polar surface area (TPSA) is 29.5 Å². The van der Waals surface area contributed by atoms with Gasteiger partial charge in [-0.1, -0.05) is 19.1 Å². The fourth-order valence-corrected chi connectivity index (χ4v) is 1.66. The zero-order chi connectivity index (χ0) is 13.1. The molecule has 17 heavy (non-hydrogen) atoms. The molecule has 1 aromatic carbocycles. The van der Waals surface area contributed by atoms with Crippen molar-refractivity contribution in [2.45, 2.75) is 25.6 Å². The van der Waals surface area contributed by atoms with Crippen LogP contribution in [0.15, 0.2) is 18.2 Å². The second-order valence-electron chi connectivity index (χ2n) is 3.60. The normalized spacial score (nSPS) is 13.5. The van der Waals surface area contributed by atoms with Gasteiger partial charge in [0, 0.05) is 12.5 Å². The lowest BCUT2D eigenvalue weighted by atomic mass is 9.94. The van der Waals surface area contributed by atoms with Crippen LogP contribution < -0.4 is 4.74 Å². The van der Waals surface area contributed by atoms with Crippen LogP contribution in [0.4, 0.5) is 13.2 Å². The number of aliphatic hydroxyl groups is 1. The molecule has 2 nitrogen and oxygen atoms in total. The Morgan fingerprint density at radius 2 is 2.06 bits per heavy atom. The smallest absolute Gasteiger partial charge is 0.405 e. The third-order valence-electron chi connectivity index (χ3n) is 2.41. The molecule has 1 N–H and O–H groups in total. The number of aliphatic hydroxyl groups excluding tert-OH is 1. The summed E-state index contributed by atoms with van der Waals surface area (Å²) in [6, 6.07) is 4.37. The molecule has 1 radical (unpaired) electrons. The van der Waals surface area contributed by atoms with Crippen molar-refractivity contribution in [3.63, 3.8) is 0 Å². The number of ether oxygens (including phenoxy) is 1. The van der Waals surface area contributed by atoms with E-state index in [0.717, 1.165) is 0 Å². The first-order valence-corrected chi connectivity index (χ1v) is 5.20. The Morgan fingerprint density at radius 3 is 2.53 bits per heavy atom. The third-order valence-corrected chi connectivity index (χ3v) is 2.41. The van der Waals surface area contributed by atoms with Crippen LogP contribution in [0.1, 0.15) is 24.0 Å². The highest BCUT2D eigenvalue weighted by Gasteiger charge is 2.32. The Kier molecular flexibility index (Phi) is 4.40. The minimum absolute atomic E-state index is 0.220. The van der Waals surface area contributed by atoms with E-state index in [1.165, 1.54) is 12.1 Å². The first kappa shape index (κ1) is 13.8. The first-order chi connectivity index (χ1) is 7.89. The van der Waals surface area contributed by atoms with Gasteiger partial charge in [0.25, 0.3) is 0 Å². The number of benzene rings is 1. The lowest BCUT2D eigenvalue weighted by Crippen LogP contribution is -2.19. The van der Waals surface area contributed by atoms with E-state index >= 15 is 0 Å². The summed E-state index contributed by atoms with van der Waals surface area (Å²) in [5.74, 6) is -0.679. The monoisotopic (exact) mass is 247 g/mol. The molecule has 0 spiro atoms. The van der Waals surface area contributed by atoms with Crippen molar-refractivity contribution < 1.29 is 23.0 Å². The highest BCUT2D eigenvalue weighted by atomic mass is 19.4. The van der Waals surface area contributed by atoms with Gasteiger partial charge in [-0.3, -0.25) is 0 Å². The molecular weight excluding hydrogens is 233 g/mol. The number of halogens is 3. The molecule has 1 aromatic rings. The van der Waals surface area contributed by atoms with E-state index in [1.54, 1.807) is 13.0 Å². The molecule has 0 bridgehead atoms. The summed E-state index contributed by atoms with van der Waals surface area (Å²) < 4.78 is 40.5. The zero-order valence-electron chi connectivity index (χ0n) is 9.42. The minimum atomic E-state index is -4.71. The Bertz CT molecular complexity index is 375. The molecule has 0 amide bonds. The van der Waals surface area contributed by atoms with Crippen LogP contribution in [0.5, 0.6) is 5.75 Å². The lowest BCUT2D eigenvalue weighted by molar-refractivity contribution is -0.274. The molecule has 0 saturated carbocycles. The molecule has 1 rings (SSSR count). The largest absolute Gasteiger partial charge is 0.573 e. The first-order valence-electron chi connectivity index (χ1n) is 5.20. The molecule has 1 atom stereocenters. The highest BCUT2D eigenvalue weighted by Crippen LogP contribution is 2.32. The number of hydrogen-bond acceptors (Lipinski definition) is 2. The number of hydrogen-bond donors (Lipinski definition) is 1. The summed E-state index contributed by atoms with van der Waals surface area (Å²) in [6.45, 7) is 5.19. The third kappa shape index (κ3) is 3.63. The molecule has 5 heteroatoms. The quantitative estimate of drug-likeness (QED) is 0.886. The van der Waals surface area contributed by atoms with Crippen LogP contribution in [-0.2, 0) is 6.42 Å². The molecule has 1 unspecified atom stereocenters. The Labute approximate surface area is 98.0 Å². The van der Waals surface area contributed by atoms with Gasteiger partial charge in [-0.05, 0) is 30.5 Å². The molecule has 0 aromatic heterocycles. The van der Waals surface area contributed by atoms with Gasteiger partial charge >= 0.3 is 6.36 Å². The predicted octanol–water partition coefficient (Wildman–Crippen LogP) is 3.06. The maximum absolute atomic E-state index is 12.2. The lowest BCUT2D eigenvalue weighted by Gasteiger charge is -2.18. The van der Waals surface area contributed by atoms with E-state index < -0.39 is 12.3 Å². The van der Waals surface area contributed by atoms with Crippen molar-refractivity contribution >= 4 is 0 Å². The minimum Gasteiger partial charge on any atom is -0.405 e. The maximum Gasteiger partial charge on any atom is 0.573 e. The standard InChI is InChI=1S/C12H14F3O2/c1-3-9-10(8(2)7-16)5-4-6-11(9)17-12(13,14)15/h4-6,8,16H,2-3,7H2,1H3. The van der Waals surface area contributed by atoms with Crippen LogP contribution in [0.25, 0.3) is 0 Å². The van der Waals surface area contributed by atoms with Crippen molar-refractivity contribution in [1.82, 2.24) is 0 Å². The van der Waals surface area contributed by atoms with Gasteiger partial charge in [-0.15, -0.1) is 13.2 Å². The molecular formula is C12H14F3O2. The van der Waals surface area contributed by atoms with Crippen LogP contribution in [-0.4, -0.2) is 18.1 Å². The molecule has 0 fully saturated rings. The maximum atomic E-state index is 12.2. The van der Waals surface area contributed by atoms with Gasteiger partial charge in [-0.2, -0.15) is 0 Å². The molecule has 0 aliphatic carbocycles. The van der Waals surface area contributed by atoms with Crippen molar-refractivity contribution in [2.24, 2.45) is 0 Å². The van der Waals surface area contributed by atoms with Crippen LogP contribution in [0.3, 0.4) is 0 Å². The van der Waals surface area contributed by atoms with Gasteiger partial charge in [0.15, 0.2) is 0 Å². The molecule has 0 saturated heterocycles. The van der Waals surface area contributed by atoms with E-state index in [9.17, 15) is 13.2 Å². The van der Waals surface area contributed by atoms with Gasteiger partial charge < -0.3 is 9.84 Å². The summed E-state index contributed by atoms with van der Waals surface area (Å²) in [4.78, 5) is 0. The van der Waals surface area contributed by atoms with E-state index in [4.69, 9.17) is 5.11 Å². The highest BCUT2D eigenvalue weighted by molar-refractivity contribution is 5.42. The van der Waals surface area contributed by atoms with Crippen LogP contribution in [0, 0.1) is 6.92 Å². The van der Waals surface area contributed by atoms with E-state index in [-0.39, 0.29) is 12.4 Å². The summed E-state index contributed by atoms with van der Waals surface area (Å²) in [6.07, 6.45) is -4.33. The van der Waals surface area contributed by atoms with Crippen LogP contribution >= 0.6 is 0 Å². The summed E-state index contributed by atoms with van der Waals surface area (Å²) >= 11 is 0. The second-order valence-corrected chi connectivity index (χ2v) is 3.60. The zero-order valence-corrected chi connectivity index (χ0v) is 9.42. The van der Waals surface area contributed by atoms with Crippen molar-refractivity contribution in [3.8, 4) is 5.75 Å². The summed E-state index contributed by atoms with van der Waals surface area (Å²) in [5.41, 5.74) is 1.01. The summed E-state index contributed by atoms with van der Waals surface area (Å²) in [5, 5.41) is 9.01. The second kappa shape index (κ2) is 5.40. The van der Waals surface area contributed by atoms with E-state index in [0.29, 0.717) is 17.5 Å². The van der Waals surface area contributed by atoms with E-state index in [1.807, 2.05) is 0 Å². The van der Waals surface area contributed by atoms with Crippen molar-refractivity contribution in [3.05, 3.63) is 36.2 Å². The van der Waals surface area contributed by atoms with Gasteiger partial charge in [0.05, 0.1) is 0 Å². The predicted molar refractivity (Wildman–Crippen MR) is 57.7 cm³/mol. The van der Waals surface area contributed by atoms with Gasteiger partial charge in [-0.25, -0.2) is 0 Å². The van der Waals surface area contributed by atoms with Gasteiger partial charge in [0.2, 0.25) is 0 Å². The fraction of sp³-hybridized carbons (Fsp3) is 0.417. The van der Waals surface area contributed by atoms with Gasteiger partial charge in [0.1, 0.15) is 5.75 Å². The molecule has 0 heterocycles. The van der Waals surface area contributed by atoms with Crippen LogP contribution in [0.2, 0.25) is 0 Å². The van der Waals surface area contributed by atoms with Crippen molar-refractivity contribution in [1.29, 1.82) is 0 Å². The van der Waals surface area contributed by atoms with Crippen molar-refractivity contribution in [2.75, 3.05) is 6.61 Å². The Morgan fingerprint density at radius 1 is 1.41 bits per heavy atom. The Balaban J connectivity index is 3.14. The van der Waals surface area contributed by atoms with E-state index in [2.05, 4.69) is 11.7 Å². The molecule has 0 aliphatic rings. The fourth-order valence-electron chi connectivity index (χ4n) is 1.66. The molecule has 95 valence electrons. The number of rotatable bonds is 4. The average Bonchev–Trinajstić information content (AvgIpc) is 2.25. The SMILES string of the molecule is [CH2]C(CO)c1cccc(OC(F)(F)F)c1CC. The average molecular weight is 247 g/mol. The number of alkyl halides is 3.